The Morgan fingerprint density at radius 2 is 1.95 bits per heavy atom. The summed E-state index contributed by atoms with van der Waals surface area (Å²) in [5, 5.41) is 11.5. The minimum atomic E-state index is -0.897. The van der Waals surface area contributed by atoms with Crippen LogP contribution in [0.2, 0.25) is 0 Å². The third kappa shape index (κ3) is 8.74. The zero-order valence-electron chi connectivity index (χ0n) is 13.0. The summed E-state index contributed by atoms with van der Waals surface area (Å²) in [5.74, 6) is -0.386. The van der Waals surface area contributed by atoms with E-state index < -0.39 is 5.97 Å². The Balaban J connectivity index is 3.89. The molecule has 2 amide bonds. The van der Waals surface area contributed by atoms with Gasteiger partial charge in [0, 0.05) is 32.3 Å². The number of aliphatic carboxylic acids is 1. The van der Waals surface area contributed by atoms with Crippen LogP contribution < -0.4 is 5.32 Å². The molecule has 1 atom stereocenters. The van der Waals surface area contributed by atoms with Crippen LogP contribution in [-0.2, 0) is 9.53 Å². The van der Waals surface area contributed by atoms with Gasteiger partial charge in [-0.15, -0.1) is 0 Å². The SMILES string of the molecule is CCN(C(=O)NCCCOCC(C)C)C(C)CC(=O)O. The molecule has 0 bridgehead atoms. The Morgan fingerprint density at radius 1 is 1.30 bits per heavy atom. The normalized spacial score (nSPS) is 12.2. The van der Waals surface area contributed by atoms with Crippen LogP contribution in [0.15, 0.2) is 0 Å². The van der Waals surface area contributed by atoms with Gasteiger partial charge in [-0.2, -0.15) is 0 Å². The fourth-order valence-electron chi connectivity index (χ4n) is 1.81. The van der Waals surface area contributed by atoms with E-state index in [1.165, 1.54) is 4.90 Å². The van der Waals surface area contributed by atoms with Crippen LogP contribution in [0, 0.1) is 5.92 Å². The standard InChI is InChI=1S/C14H28N2O4/c1-5-16(12(4)9-13(17)18)14(19)15-7-6-8-20-10-11(2)3/h11-12H,5-10H2,1-4H3,(H,15,19)(H,17,18). The van der Waals surface area contributed by atoms with Gasteiger partial charge in [0.1, 0.15) is 0 Å². The summed E-state index contributed by atoms with van der Waals surface area (Å²) >= 11 is 0. The largest absolute Gasteiger partial charge is 0.481 e. The Bertz CT molecular complexity index is 295. The second-order valence-electron chi connectivity index (χ2n) is 5.29. The highest BCUT2D eigenvalue weighted by molar-refractivity contribution is 5.75. The van der Waals surface area contributed by atoms with Gasteiger partial charge in [-0.3, -0.25) is 4.79 Å². The first-order chi connectivity index (χ1) is 9.38. The highest BCUT2D eigenvalue weighted by atomic mass is 16.5. The molecule has 0 saturated heterocycles. The molecule has 118 valence electrons. The van der Waals surface area contributed by atoms with Crippen molar-refractivity contribution < 1.29 is 19.4 Å². The van der Waals surface area contributed by atoms with Crippen molar-refractivity contribution in [1.82, 2.24) is 10.2 Å². The van der Waals surface area contributed by atoms with Gasteiger partial charge < -0.3 is 20.1 Å². The Morgan fingerprint density at radius 3 is 2.45 bits per heavy atom. The van der Waals surface area contributed by atoms with Crippen LogP contribution in [0.1, 0.15) is 40.5 Å². The number of carbonyl (C=O) groups excluding carboxylic acids is 1. The van der Waals surface area contributed by atoms with Crippen LogP contribution in [0.25, 0.3) is 0 Å². The summed E-state index contributed by atoms with van der Waals surface area (Å²) < 4.78 is 5.42. The molecule has 0 spiro atoms. The van der Waals surface area contributed by atoms with E-state index in [9.17, 15) is 9.59 Å². The predicted octanol–water partition coefficient (Wildman–Crippen LogP) is 1.94. The molecule has 6 heteroatoms. The zero-order chi connectivity index (χ0) is 15.5. The average molecular weight is 288 g/mol. The lowest BCUT2D eigenvalue weighted by molar-refractivity contribution is -0.138. The van der Waals surface area contributed by atoms with Crippen molar-refractivity contribution in [2.24, 2.45) is 5.92 Å². The number of nitrogens with zero attached hydrogens (tertiary/aromatic N) is 1. The lowest BCUT2D eigenvalue weighted by Crippen LogP contribution is -2.46. The molecule has 0 aliphatic heterocycles. The predicted molar refractivity (Wildman–Crippen MR) is 77.8 cm³/mol. The Hall–Kier alpha value is -1.30. The lowest BCUT2D eigenvalue weighted by atomic mass is 10.2. The fourth-order valence-corrected chi connectivity index (χ4v) is 1.81. The average Bonchev–Trinajstić information content (AvgIpc) is 2.33. The van der Waals surface area contributed by atoms with Gasteiger partial charge in [-0.25, -0.2) is 4.79 Å². The van der Waals surface area contributed by atoms with Crippen molar-refractivity contribution in [3.8, 4) is 0 Å². The highest BCUT2D eigenvalue weighted by Crippen LogP contribution is 2.04. The van der Waals surface area contributed by atoms with E-state index in [1.54, 1.807) is 6.92 Å². The lowest BCUT2D eigenvalue weighted by Gasteiger charge is -2.27. The molecule has 20 heavy (non-hydrogen) atoms. The van der Waals surface area contributed by atoms with Crippen molar-refractivity contribution in [2.45, 2.75) is 46.6 Å². The molecule has 6 nitrogen and oxygen atoms in total. The molecule has 1 unspecified atom stereocenters. The summed E-state index contributed by atoms with van der Waals surface area (Å²) in [6, 6.07) is -0.528. The third-order valence-electron chi connectivity index (χ3n) is 2.80. The van der Waals surface area contributed by atoms with Crippen molar-refractivity contribution >= 4 is 12.0 Å². The number of carbonyl (C=O) groups is 2. The van der Waals surface area contributed by atoms with E-state index in [0.29, 0.717) is 25.6 Å². The highest BCUT2D eigenvalue weighted by Gasteiger charge is 2.20. The molecular weight excluding hydrogens is 260 g/mol. The number of amides is 2. The number of hydrogen-bond acceptors (Lipinski definition) is 3. The van der Waals surface area contributed by atoms with Crippen molar-refractivity contribution in [2.75, 3.05) is 26.3 Å². The van der Waals surface area contributed by atoms with Crippen LogP contribution in [-0.4, -0.2) is 54.4 Å². The molecule has 0 aromatic rings. The molecule has 0 rings (SSSR count). The second-order valence-corrected chi connectivity index (χ2v) is 5.29. The number of urea groups is 1. The van der Waals surface area contributed by atoms with Gasteiger partial charge in [-0.1, -0.05) is 13.8 Å². The first-order valence-electron chi connectivity index (χ1n) is 7.22. The third-order valence-corrected chi connectivity index (χ3v) is 2.80. The van der Waals surface area contributed by atoms with E-state index in [0.717, 1.165) is 13.0 Å². The zero-order valence-corrected chi connectivity index (χ0v) is 13.0. The molecule has 0 saturated carbocycles. The summed E-state index contributed by atoms with van der Waals surface area (Å²) in [5.41, 5.74) is 0. The molecule has 0 aliphatic rings. The van der Waals surface area contributed by atoms with Crippen molar-refractivity contribution in [1.29, 1.82) is 0 Å². The molecule has 0 radical (unpaired) electrons. The van der Waals surface area contributed by atoms with E-state index in [-0.39, 0.29) is 18.5 Å². The van der Waals surface area contributed by atoms with E-state index in [1.807, 2.05) is 6.92 Å². The first kappa shape index (κ1) is 18.7. The summed E-state index contributed by atoms with van der Waals surface area (Å²) in [7, 11) is 0. The number of rotatable bonds is 10. The minimum absolute atomic E-state index is 0.0429. The van der Waals surface area contributed by atoms with Gasteiger partial charge in [0.05, 0.1) is 6.42 Å². The monoisotopic (exact) mass is 288 g/mol. The number of nitrogens with one attached hydrogen (secondary N) is 1. The van der Waals surface area contributed by atoms with Gasteiger partial charge in [0.25, 0.3) is 0 Å². The Kier molecular flexibility index (Phi) is 9.80. The first-order valence-corrected chi connectivity index (χ1v) is 7.22. The fraction of sp³-hybridized carbons (Fsp3) is 0.857. The van der Waals surface area contributed by atoms with E-state index >= 15 is 0 Å². The van der Waals surface area contributed by atoms with Crippen LogP contribution in [0.3, 0.4) is 0 Å². The maximum Gasteiger partial charge on any atom is 0.317 e. The van der Waals surface area contributed by atoms with Crippen LogP contribution >= 0.6 is 0 Å². The Labute approximate surface area is 121 Å². The number of hydrogen-bond donors (Lipinski definition) is 2. The van der Waals surface area contributed by atoms with Crippen LogP contribution in [0.5, 0.6) is 0 Å². The quantitative estimate of drug-likeness (QED) is 0.602. The number of carboxylic acids is 1. The second kappa shape index (κ2) is 10.5. The maximum atomic E-state index is 11.9. The van der Waals surface area contributed by atoms with Crippen molar-refractivity contribution in [3.05, 3.63) is 0 Å². The molecule has 0 aromatic heterocycles. The smallest absolute Gasteiger partial charge is 0.317 e. The molecule has 0 aromatic carbocycles. The number of ether oxygens (including phenoxy) is 1. The van der Waals surface area contributed by atoms with Gasteiger partial charge in [0.2, 0.25) is 0 Å². The van der Waals surface area contributed by atoms with E-state index in [4.69, 9.17) is 9.84 Å². The van der Waals surface area contributed by atoms with E-state index in [2.05, 4.69) is 19.2 Å². The molecule has 0 fully saturated rings. The maximum absolute atomic E-state index is 11.9. The molecule has 2 N–H and O–H groups in total. The molecule has 0 aliphatic carbocycles. The van der Waals surface area contributed by atoms with Crippen LogP contribution in [0.4, 0.5) is 4.79 Å². The van der Waals surface area contributed by atoms with Gasteiger partial charge >= 0.3 is 12.0 Å². The topological polar surface area (TPSA) is 78.9 Å². The summed E-state index contributed by atoms with van der Waals surface area (Å²) in [6.07, 6.45) is 0.710. The number of carboxylic acid groups (broad SMARTS) is 1. The van der Waals surface area contributed by atoms with Gasteiger partial charge in [0.15, 0.2) is 0 Å². The van der Waals surface area contributed by atoms with Gasteiger partial charge in [-0.05, 0) is 26.2 Å². The summed E-state index contributed by atoms with van der Waals surface area (Å²) in [4.78, 5) is 24.1. The molecule has 0 heterocycles. The van der Waals surface area contributed by atoms with Crippen molar-refractivity contribution in [3.63, 3.8) is 0 Å². The molecular formula is C14H28N2O4. The summed E-state index contributed by atoms with van der Waals surface area (Å²) in [6.45, 7) is 10.1. The minimum Gasteiger partial charge on any atom is -0.481 e.